The standard InChI is InChI=1S/C27H44N4OS.C8H12O.C2H6/c1-7-11-22(30-25(12-8-2)21-13-14-23(28)26(33)17-21)18-24(29)27(32)31(20(6)10-4)16-15-19(5)9-3;1-4-6-8(5-2)7(3)9;1-2/h8,13-14,17-20,25,33H,2,7,9-12,15-16,28-29H2,1,3-6H3;4-6H,1-3H3;1-2H3/b24-18-,30-22?;6-4+,8-5+;. The van der Waals surface area contributed by atoms with E-state index < -0.39 is 0 Å². The van der Waals surface area contributed by atoms with E-state index in [2.05, 4.69) is 53.8 Å². The van der Waals surface area contributed by atoms with Crippen molar-refractivity contribution < 1.29 is 9.59 Å². The van der Waals surface area contributed by atoms with Gasteiger partial charge >= 0.3 is 0 Å². The molecule has 0 heterocycles. The van der Waals surface area contributed by atoms with Gasteiger partial charge in [0.25, 0.3) is 5.91 Å². The van der Waals surface area contributed by atoms with E-state index in [-0.39, 0.29) is 29.5 Å². The molecule has 0 radical (unpaired) electrons. The number of carbonyl (C=O) groups is 2. The summed E-state index contributed by atoms with van der Waals surface area (Å²) in [5.74, 6) is 0.584. The largest absolute Gasteiger partial charge is 0.398 e. The number of ketones is 1. The highest BCUT2D eigenvalue weighted by atomic mass is 32.1. The van der Waals surface area contributed by atoms with E-state index >= 15 is 0 Å². The summed E-state index contributed by atoms with van der Waals surface area (Å²) in [6, 6.07) is 5.76. The number of nitrogens with two attached hydrogens (primary N) is 2. The predicted molar refractivity (Wildman–Crippen MR) is 196 cm³/mol. The first-order valence-corrected chi connectivity index (χ1v) is 16.7. The average Bonchev–Trinajstić information content (AvgIpc) is 3.01. The highest BCUT2D eigenvalue weighted by molar-refractivity contribution is 7.80. The molecular weight excluding hydrogens is 565 g/mol. The maximum Gasteiger partial charge on any atom is 0.270 e. The van der Waals surface area contributed by atoms with Crippen LogP contribution in [0.25, 0.3) is 0 Å². The number of rotatable bonds is 16. The molecule has 0 fully saturated rings. The lowest BCUT2D eigenvalue weighted by molar-refractivity contribution is -0.129. The van der Waals surface area contributed by atoms with Gasteiger partial charge in [-0.1, -0.05) is 84.8 Å². The second-order valence-corrected chi connectivity index (χ2v) is 11.2. The van der Waals surface area contributed by atoms with Crippen LogP contribution in [0.5, 0.6) is 0 Å². The molecule has 1 rings (SSSR count). The molecule has 1 aromatic rings. The summed E-state index contributed by atoms with van der Waals surface area (Å²) >= 11 is 4.46. The number of aliphatic imine (C=N–C) groups is 1. The van der Waals surface area contributed by atoms with Crippen LogP contribution in [0.3, 0.4) is 0 Å². The molecule has 0 aromatic heterocycles. The van der Waals surface area contributed by atoms with Gasteiger partial charge in [-0.15, -0.1) is 19.2 Å². The van der Waals surface area contributed by atoms with Crippen molar-refractivity contribution >= 4 is 35.7 Å². The lowest BCUT2D eigenvalue weighted by Crippen LogP contribution is -2.42. The zero-order chi connectivity index (χ0) is 34.2. The van der Waals surface area contributed by atoms with Gasteiger partial charge in [-0.3, -0.25) is 14.6 Å². The molecule has 0 saturated carbocycles. The molecule has 1 amide bonds. The van der Waals surface area contributed by atoms with Crippen LogP contribution in [-0.4, -0.2) is 34.9 Å². The van der Waals surface area contributed by atoms with Crippen molar-refractivity contribution in [2.24, 2.45) is 16.6 Å². The minimum atomic E-state index is -0.134. The Morgan fingerprint density at radius 2 is 1.75 bits per heavy atom. The fourth-order valence-corrected chi connectivity index (χ4v) is 4.35. The number of carbonyl (C=O) groups excluding carboxylic acids is 2. The van der Waals surface area contributed by atoms with E-state index in [1.165, 1.54) is 0 Å². The van der Waals surface area contributed by atoms with Crippen LogP contribution in [0.4, 0.5) is 5.69 Å². The van der Waals surface area contributed by atoms with Crippen molar-refractivity contribution in [2.45, 2.75) is 125 Å². The third-order valence-corrected chi connectivity index (χ3v) is 7.62. The van der Waals surface area contributed by atoms with Gasteiger partial charge in [0.05, 0.1) is 11.7 Å². The lowest BCUT2D eigenvalue weighted by atomic mass is 10.0. The molecular formula is C37H62N4O2S. The number of amides is 1. The topological polar surface area (TPSA) is 102 Å². The second-order valence-electron chi connectivity index (χ2n) is 10.7. The van der Waals surface area contributed by atoms with Gasteiger partial charge in [0.2, 0.25) is 0 Å². The third-order valence-electron chi connectivity index (χ3n) is 7.23. The first kappa shape index (κ1) is 43.1. The normalized spacial score (nSPS) is 14.0. The van der Waals surface area contributed by atoms with Gasteiger partial charge in [0.15, 0.2) is 5.78 Å². The Morgan fingerprint density at radius 3 is 2.18 bits per heavy atom. The number of anilines is 1. The summed E-state index contributed by atoms with van der Waals surface area (Å²) in [5, 5.41) is 0. The zero-order valence-electron chi connectivity index (χ0n) is 29.3. The van der Waals surface area contributed by atoms with Crippen LogP contribution in [0, 0.1) is 5.92 Å². The summed E-state index contributed by atoms with van der Waals surface area (Å²) in [6.45, 7) is 24.6. The second kappa shape index (κ2) is 25.3. The van der Waals surface area contributed by atoms with Crippen LogP contribution >= 0.6 is 12.6 Å². The molecule has 3 atom stereocenters. The van der Waals surface area contributed by atoms with Gasteiger partial charge < -0.3 is 16.4 Å². The minimum Gasteiger partial charge on any atom is -0.398 e. The van der Waals surface area contributed by atoms with Crippen molar-refractivity contribution in [3.8, 4) is 0 Å². The molecule has 0 aliphatic heterocycles. The van der Waals surface area contributed by atoms with E-state index in [1.807, 2.05) is 75.1 Å². The Labute approximate surface area is 275 Å². The Hall–Kier alpha value is -3.06. The number of nitrogens with zero attached hydrogens (tertiary/aromatic N) is 2. The van der Waals surface area contributed by atoms with E-state index in [4.69, 9.17) is 16.5 Å². The molecule has 7 heteroatoms. The predicted octanol–water partition coefficient (Wildman–Crippen LogP) is 9.45. The molecule has 0 saturated heterocycles. The zero-order valence-corrected chi connectivity index (χ0v) is 30.2. The van der Waals surface area contributed by atoms with Gasteiger partial charge in [0, 0.05) is 34.5 Å². The van der Waals surface area contributed by atoms with Crippen molar-refractivity contribution in [3.05, 3.63) is 72.0 Å². The van der Waals surface area contributed by atoms with Crippen molar-refractivity contribution in [3.63, 3.8) is 0 Å². The molecule has 0 aliphatic carbocycles. The Bertz CT molecular complexity index is 1120. The van der Waals surface area contributed by atoms with E-state index in [0.29, 0.717) is 24.6 Å². The van der Waals surface area contributed by atoms with Crippen LogP contribution in [-0.2, 0) is 9.59 Å². The Morgan fingerprint density at radius 1 is 1.11 bits per heavy atom. The molecule has 1 aromatic carbocycles. The summed E-state index contributed by atoms with van der Waals surface area (Å²) in [7, 11) is 0. The third kappa shape index (κ3) is 16.7. The molecule has 44 heavy (non-hydrogen) atoms. The van der Waals surface area contributed by atoms with E-state index in [9.17, 15) is 9.59 Å². The highest BCUT2D eigenvalue weighted by Gasteiger charge is 2.22. The van der Waals surface area contributed by atoms with Crippen LogP contribution in [0.1, 0.15) is 119 Å². The lowest BCUT2D eigenvalue weighted by Gasteiger charge is -2.30. The SMILES string of the molecule is C/C=C/C(=C\C)C(C)=O.C=CCC(N=C(/C=C(\N)C(=O)N(CCC(C)CC)C(C)CC)CCC)c1ccc(N)c(S)c1.CC. The van der Waals surface area contributed by atoms with Crippen LogP contribution in [0.2, 0.25) is 0 Å². The Balaban J connectivity index is 0. The number of nitrogen functional groups attached to an aromatic ring is 1. The van der Waals surface area contributed by atoms with Crippen molar-refractivity contribution in [1.82, 2.24) is 4.90 Å². The number of benzene rings is 1. The molecule has 4 N–H and O–H groups in total. The van der Waals surface area contributed by atoms with Gasteiger partial charge in [-0.2, -0.15) is 0 Å². The summed E-state index contributed by atoms with van der Waals surface area (Å²) in [6.07, 6.45) is 14.4. The monoisotopic (exact) mass is 626 g/mol. The smallest absolute Gasteiger partial charge is 0.270 e. The molecule has 0 aliphatic rings. The summed E-state index contributed by atoms with van der Waals surface area (Å²) in [4.78, 5) is 31.5. The van der Waals surface area contributed by atoms with E-state index in [1.54, 1.807) is 13.0 Å². The minimum absolute atomic E-state index is 0.109. The Kier molecular flexibility index (Phi) is 24.8. The number of allylic oxidation sites excluding steroid dienone is 5. The van der Waals surface area contributed by atoms with Crippen molar-refractivity contribution in [2.75, 3.05) is 12.3 Å². The number of hydrogen-bond donors (Lipinski definition) is 3. The highest BCUT2D eigenvalue weighted by Crippen LogP contribution is 2.28. The van der Waals surface area contributed by atoms with Crippen molar-refractivity contribution in [1.29, 1.82) is 0 Å². The first-order chi connectivity index (χ1) is 20.9. The maximum atomic E-state index is 13.3. The molecule has 6 nitrogen and oxygen atoms in total. The van der Waals surface area contributed by atoms with Gasteiger partial charge in [0.1, 0.15) is 0 Å². The first-order valence-electron chi connectivity index (χ1n) is 16.2. The van der Waals surface area contributed by atoms with Crippen LogP contribution in [0.15, 0.2) is 76.3 Å². The molecule has 0 bridgehead atoms. The van der Waals surface area contributed by atoms with Crippen LogP contribution < -0.4 is 11.5 Å². The molecule has 3 unspecified atom stereocenters. The number of hydrogen-bond acceptors (Lipinski definition) is 6. The summed E-state index contributed by atoms with van der Waals surface area (Å²) < 4.78 is 0. The fraction of sp³-hybridized carbons (Fsp3) is 0.541. The molecule has 0 spiro atoms. The van der Waals surface area contributed by atoms with E-state index in [0.717, 1.165) is 53.8 Å². The number of Topliss-reactive ketones (excluding diaryl/α,β-unsaturated/α-hetero) is 1. The quantitative estimate of drug-likeness (QED) is 0.0425. The van der Waals surface area contributed by atoms with Gasteiger partial charge in [-0.05, 0) is 83.1 Å². The van der Waals surface area contributed by atoms with Gasteiger partial charge in [-0.25, -0.2) is 0 Å². The molecule has 248 valence electrons. The fourth-order valence-electron chi connectivity index (χ4n) is 4.13. The maximum absolute atomic E-state index is 13.3. The average molecular weight is 627 g/mol. The summed E-state index contributed by atoms with van der Waals surface area (Å²) in [5.41, 5.74) is 15.8. The number of thiol groups is 1.